The Labute approximate surface area is 470 Å². The molecule has 0 aliphatic rings. The SMILES string of the molecule is CC/C=C\C/C=C\C/C=C\C/C=C\CCCCCCCCCCCCC(=O)OCC(COC(=O)CCCCCCC/C=C\C/C=C\CCCCCC)OC(=O)CCCCCCCC/C=C\C/C=C\C/C=C\CCCCC. The summed E-state index contributed by atoms with van der Waals surface area (Å²) in [5.74, 6) is -0.914. The van der Waals surface area contributed by atoms with E-state index in [1.807, 2.05) is 0 Å². The summed E-state index contributed by atoms with van der Waals surface area (Å²) >= 11 is 0. The predicted molar refractivity (Wildman–Crippen MR) is 330 cm³/mol. The van der Waals surface area contributed by atoms with E-state index in [4.69, 9.17) is 14.2 Å². The second-order valence-electron chi connectivity index (χ2n) is 20.9. The molecule has 0 aromatic carbocycles. The van der Waals surface area contributed by atoms with Crippen molar-refractivity contribution in [3.05, 3.63) is 109 Å². The lowest BCUT2D eigenvalue weighted by atomic mass is 10.1. The van der Waals surface area contributed by atoms with Gasteiger partial charge in [-0.2, -0.15) is 0 Å². The van der Waals surface area contributed by atoms with Crippen LogP contribution in [0.3, 0.4) is 0 Å². The van der Waals surface area contributed by atoms with Crippen molar-refractivity contribution >= 4 is 17.9 Å². The molecule has 6 heteroatoms. The molecule has 0 bridgehead atoms. The highest BCUT2D eigenvalue weighted by atomic mass is 16.6. The number of carbonyl (C=O) groups is 3. The largest absolute Gasteiger partial charge is 0.462 e. The minimum absolute atomic E-state index is 0.0909. The van der Waals surface area contributed by atoms with Gasteiger partial charge in [0.15, 0.2) is 6.10 Å². The fourth-order valence-corrected chi connectivity index (χ4v) is 8.71. The summed E-state index contributed by atoms with van der Waals surface area (Å²) in [6.07, 6.45) is 86.5. The van der Waals surface area contributed by atoms with Crippen molar-refractivity contribution in [3.63, 3.8) is 0 Å². The number of ether oxygens (including phenoxy) is 3. The van der Waals surface area contributed by atoms with Crippen molar-refractivity contribution in [3.8, 4) is 0 Å². The van der Waals surface area contributed by atoms with Crippen LogP contribution in [0.25, 0.3) is 0 Å². The quantitative estimate of drug-likeness (QED) is 0.0261. The van der Waals surface area contributed by atoms with Crippen LogP contribution in [0.15, 0.2) is 109 Å². The first-order valence-corrected chi connectivity index (χ1v) is 31.9. The summed E-state index contributed by atoms with van der Waals surface area (Å²) in [6.45, 7) is 6.48. The van der Waals surface area contributed by atoms with Gasteiger partial charge in [0, 0.05) is 19.3 Å². The van der Waals surface area contributed by atoms with Gasteiger partial charge in [0.1, 0.15) is 13.2 Å². The third-order valence-electron chi connectivity index (χ3n) is 13.5. The highest BCUT2D eigenvalue weighted by molar-refractivity contribution is 5.71. The first-order valence-electron chi connectivity index (χ1n) is 31.9. The Hall–Kier alpha value is -3.93. The molecule has 0 aromatic rings. The van der Waals surface area contributed by atoms with Gasteiger partial charge in [-0.1, -0.05) is 259 Å². The number of hydrogen-bond acceptors (Lipinski definition) is 6. The number of rotatable bonds is 57. The molecular formula is C70H118O6. The number of unbranched alkanes of at least 4 members (excludes halogenated alkanes) is 28. The highest BCUT2D eigenvalue weighted by Crippen LogP contribution is 2.15. The first kappa shape index (κ1) is 72.1. The molecular weight excluding hydrogens is 937 g/mol. The zero-order valence-corrected chi connectivity index (χ0v) is 49.7. The van der Waals surface area contributed by atoms with Gasteiger partial charge in [-0.15, -0.1) is 0 Å². The monoisotopic (exact) mass is 1050 g/mol. The van der Waals surface area contributed by atoms with E-state index in [-0.39, 0.29) is 31.1 Å². The summed E-state index contributed by atoms with van der Waals surface area (Å²) in [5.41, 5.74) is 0. The Morgan fingerprint density at radius 1 is 0.276 bits per heavy atom. The maximum Gasteiger partial charge on any atom is 0.306 e. The molecule has 0 saturated heterocycles. The van der Waals surface area contributed by atoms with Crippen molar-refractivity contribution < 1.29 is 28.6 Å². The van der Waals surface area contributed by atoms with Gasteiger partial charge in [-0.25, -0.2) is 0 Å². The topological polar surface area (TPSA) is 78.9 Å². The molecule has 0 aromatic heterocycles. The zero-order valence-electron chi connectivity index (χ0n) is 49.7. The third-order valence-corrected chi connectivity index (χ3v) is 13.5. The number of carbonyl (C=O) groups excluding carboxylic acids is 3. The van der Waals surface area contributed by atoms with Crippen LogP contribution in [0.2, 0.25) is 0 Å². The van der Waals surface area contributed by atoms with Crippen molar-refractivity contribution in [2.24, 2.45) is 0 Å². The van der Waals surface area contributed by atoms with Crippen LogP contribution in [0, 0.1) is 0 Å². The summed E-state index contributed by atoms with van der Waals surface area (Å²) in [4.78, 5) is 38.3. The lowest BCUT2D eigenvalue weighted by Gasteiger charge is -2.18. The highest BCUT2D eigenvalue weighted by Gasteiger charge is 2.19. The van der Waals surface area contributed by atoms with Crippen LogP contribution in [0.1, 0.15) is 297 Å². The standard InChI is InChI=1S/C70H118O6/c1-4-7-10-13-16-19-22-25-28-31-33-34-35-36-38-39-42-45-48-51-54-57-60-63-69(72)75-66-67(65-74-68(71)62-59-56-53-50-47-44-41-30-27-24-21-18-15-12-9-6-3)76-70(73)64-61-58-55-52-49-46-43-40-37-32-29-26-23-20-17-14-11-8-5-2/h7,10,16-17,19-21,24-26,28-30,33-34,37,40-41,67H,4-6,8-9,11-15,18,22-23,27,31-32,35-36,38-39,42-66H2,1-3H3/b10-7-,19-16-,20-17-,24-21-,28-25-,29-26-,34-33-,40-37-,41-30-. The van der Waals surface area contributed by atoms with Crippen molar-refractivity contribution in [1.82, 2.24) is 0 Å². The Morgan fingerprint density at radius 3 is 0.829 bits per heavy atom. The molecule has 0 amide bonds. The first-order chi connectivity index (χ1) is 37.5. The van der Waals surface area contributed by atoms with Crippen LogP contribution in [-0.2, 0) is 28.6 Å². The smallest absolute Gasteiger partial charge is 0.306 e. The van der Waals surface area contributed by atoms with Crippen LogP contribution >= 0.6 is 0 Å². The molecule has 1 unspecified atom stereocenters. The van der Waals surface area contributed by atoms with Crippen LogP contribution < -0.4 is 0 Å². The van der Waals surface area contributed by atoms with Gasteiger partial charge < -0.3 is 14.2 Å². The molecule has 0 heterocycles. The second kappa shape index (κ2) is 63.6. The molecule has 6 nitrogen and oxygen atoms in total. The molecule has 0 radical (unpaired) electrons. The second-order valence-corrected chi connectivity index (χ2v) is 20.9. The van der Waals surface area contributed by atoms with Gasteiger partial charge >= 0.3 is 17.9 Å². The Morgan fingerprint density at radius 2 is 0.513 bits per heavy atom. The van der Waals surface area contributed by atoms with Crippen molar-refractivity contribution in [1.29, 1.82) is 0 Å². The summed E-state index contributed by atoms with van der Waals surface area (Å²) < 4.78 is 16.9. The Bertz CT molecular complexity index is 1540. The van der Waals surface area contributed by atoms with Crippen LogP contribution in [0.5, 0.6) is 0 Å². The van der Waals surface area contributed by atoms with E-state index in [9.17, 15) is 14.4 Å². The van der Waals surface area contributed by atoms with Crippen LogP contribution in [-0.4, -0.2) is 37.2 Å². The van der Waals surface area contributed by atoms with E-state index in [0.29, 0.717) is 19.3 Å². The van der Waals surface area contributed by atoms with Gasteiger partial charge in [0.2, 0.25) is 0 Å². The normalized spacial score (nSPS) is 12.8. The molecule has 0 aliphatic heterocycles. The van der Waals surface area contributed by atoms with E-state index < -0.39 is 6.10 Å². The number of esters is 3. The van der Waals surface area contributed by atoms with E-state index in [0.717, 1.165) is 135 Å². The summed E-state index contributed by atoms with van der Waals surface area (Å²) in [5, 5.41) is 0. The van der Waals surface area contributed by atoms with Gasteiger partial charge in [0.25, 0.3) is 0 Å². The molecule has 0 rings (SSSR count). The molecule has 0 N–H and O–H groups in total. The predicted octanol–water partition coefficient (Wildman–Crippen LogP) is 21.8. The van der Waals surface area contributed by atoms with E-state index in [1.54, 1.807) is 0 Å². The van der Waals surface area contributed by atoms with Gasteiger partial charge in [-0.05, 0) is 128 Å². The van der Waals surface area contributed by atoms with Gasteiger partial charge in [-0.3, -0.25) is 14.4 Å². The molecule has 0 fully saturated rings. The fraction of sp³-hybridized carbons (Fsp3) is 0.700. The summed E-state index contributed by atoms with van der Waals surface area (Å²) in [7, 11) is 0. The Kier molecular flexibility index (Phi) is 60.3. The van der Waals surface area contributed by atoms with Crippen molar-refractivity contribution in [2.45, 2.75) is 303 Å². The third kappa shape index (κ3) is 60.9. The van der Waals surface area contributed by atoms with Gasteiger partial charge in [0.05, 0.1) is 0 Å². The summed E-state index contributed by atoms with van der Waals surface area (Å²) in [6, 6.07) is 0. The van der Waals surface area contributed by atoms with E-state index >= 15 is 0 Å². The molecule has 0 saturated carbocycles. The zero-order chi connectivity index (χ0) is 55.0. The molecule has 76 heavy (non-hydrogen) atoms. The fourth-order valence-electron chi connectivity index (χ4n) is 8.71. The number of allylic oxidation sites excluding steroid dienone is 18. The lowest BCUT2D eigenvalue weighted by Crippen LogP contribution is -2.30. The average molecular weight is 1060 g/mol. The minimum atomic E-state index is -0.796. The van der Waals surface area contributed by atoms with E-state index in [2.05, 4.69) is 130 Å². The Balaban J connectivity index is 4.42. The molecule has 0 aliphatic carbocycles. The van der Waals surface area contributed by atoms with Crippen molar-refractivity contribution in [2.75, 3.05) is 13.2 Å². The average Bonchev–Trinajstić information content (AvgIpc) is 3.42. The molecule has 0 spiro atoms. The maximum absolute atomic E-state index is 12.9. The molecule has 1 atom stereocenters. The van der Waals surface area contributed by atoms with E-state index in [1.165, 1.54) is 122 Å². The molecule has 434 valence electrons. The minimum Gasteiger partial charge on any atom is -0.462 e. The number of hydrogen-bond donors (Lipinski definition) is 0. The lowest BCUT2D eigenvalue weighted by molar-refractivity contribution is -0.167. The van der Waals surface area contributed by atoms with Crippen LogP contribution in [0.4, 0.5) is 0 Å². The maximum atomic E-state index is 12.9.